The number of phenols is 1. The summed E-state index contributed by atoms with van der Waals surface area (Å²) >= 11 is 0. The molecule has 41 heavy (non-hydrogen) atoms. The fourth-order valence-electron chi connectivity index (χ4n) is 4.59. The number of carboxylic acid groups (broad SMARTS) is 1. The molecule has 0 aliphatic rings. The number of alkyl halides is 3. The van der Waals surface area contributed by atoms with Gasteiger partial charge in [-0.3, -0.25) is 4.57 Å². The normalized spacial score (nSPS) is 12.7. The summed E-state index contributed by atoms with van der Waals surface area (Å²) in [6, 6.07) is 23.1. The van der Waals surface area contributed by atoms with Gasteiger partial charge in [-0.25, -0.2) is 4.79 Å². The van der Waals surface area contributed by atoms with Crippen LogP contribution in [0.15, 0.2) is 101 Å². The summed E-state index contributed by atoms with van der Waals surface area (Å²) in [6.07, 6.45) is -6.68. The van der Waals surface area contributed by atoms with Crippen molar-refractivity contribution >= 4 is 28.2 Å². The lowest BCUT2D eigenvalue weighted by molar-refractivity contribution is -0.215. The Bertz CT molecular complexity index is 1780. The van der Waals surface area contributed by atoms with E-state index in [1.807, 2.05) is 0 Å². The number of aromatic carboxylic acids is 1. The molecule has 0 aliphatic carbocycles. The lowest BCUT2D eigenvalue weighted by atomic mass is 10.0. The molecule has 0 radical (unpaired) electrons. The maximum absolute atomic E-state index is 13.3. The van der Waals surface area contributed by atoms with Crippen LogP contribution >= 0.6 is 0 Å². The molecule has 1 atom stereocenters. The third kappa shape index (κ3) is 5.22. The van der Waals surface area contributed by atoms with Crippen molar-refractivity contribution in [2.24, 2.45) is 10.2 Å². The first-order valence-electron chi connectivity index (χ1n) is 12.2. The predicted molar refractivity (Wildman–Crippen MR) is 145 cm³/mol. The lowest BCUT2D eigenvalue weighted by Gasteiger charge is -2.19. The number of nitrogens with zero attached hydrogens (tertiary/aromatic N) is 3. The number of aromatic hydroxyl groups is 2. The van der Waals surface area contributed by atoms with Crippen LogP contribution in [0.4, 0.5) is 24.5 Å². The van der Waals surface area contributed by atoms with Gasteiger partial charge in [0.1, 0.15) is 5.69 Å². The van der Waals surface area contributed by atoms with Crippen molar-refractivity contribution in [2.75, 3.05) is 7.11 Å². The van der Waals surface area contributed by atoms with E-state index in [4.69, 9.17) is 0 Å². The highest BCUT2D eigenvalue weighted by molar-refractivity contribution is 5.96. The Labute approximate surface area is 231 Å². The van der Waals surface area contributed by atoms with Crippen molar-refractivity contribution < 1.29 is 38.0 Å². The van der Waals surface area contributed by atoms with Gasteiger partial charge in [-0.05, 0) is 47.5 Å². The number of benzene rings is 4. The summed E-state index contributed by atoms with van der Waals surface area (Å²) in [7, 11) is 0.981. The summed E-state index contributed by atoms with van der Waals surface area (Å²) in [6.45, 7) is 0. The van der Waals surface area contributed by atoms with Crippen LogP contribution in [-0.4, -0.2) is 39.1 Å². The maximum atomic E-state index is 13.3. The van der Waals surface area contributed by atoms with Gasteiger partial charge in [0.15, 0.2) is 17.5 Å². The van der Waals surface area contributed by atoms with E-state index in [2.05, 4.69) is 15.0 Å². The minimum atomic E-state index is -4.59. The predicted octanol–water partition coefficient (Wildman–Crippen LogP) is 8.07. The number of azo groups is 1. The van der Waals surface area contributed by atoms with Crippen molar-refractivity contribution in [2.45, 2.75) is 12.3 Å². The Hall–Kier alpha value is -5.16. The van der Waals surface area contributed by atoms with E-state index in [1.165, 1.54) is 47.0 Å². The first-order valence-corrected chi connectivity index (χ1v) is 12.2. The number of carbonyl (C=O) groups is 1. The molecular weight excluding hydrogens is 539 g/mol. The SMILES string of the molecule is COC(c1ccc(-n2c(O)c(N=Nc3cccc(-c4cccc(C(=O)O)c4)c3O)c3ccccc32)cc1)C(F)(F)F. The summed E-state index contributed by atoms with van der Waals surface area (Å²) in [4.78, 5) is 11.4. The standard InChI is InChI=1S/C30H22F3N3O5/c1-41-27(30(31,32)33)17-12-14-20(15-13-17)36-24-11-3-2-8-22(24)25(28(36)38)35-34-23-10-5-9-21(26(23)37)18-6-4-7-19(16-18)29(39)40/h2-16,27,37-38H,1H3,(H,39,40). The topological polar surface area (TPSA) is 117 Å². The number of rotatable bonds is 7. The average molecular weight is 562 g/mol. The summed E-state index contributed by atoms with van der Waals surface area (Å²) in [5.74, 6) is -1.66. The van der Waals surface area contributed by atoms with Crippen LogP contribution in [0.5, 0.6) is 11.6 Å². The van der Waals surface area contributed by atoms with E-state index in [0.29, 0.717) is 27.7 Å². The zero-order valence-corrected chi connectivity index (χ0v) is 21.4. The van der Waals surface area contributed by atoms with E-state index in [1.54, 1.807) is 48.5 Å². The second-order valence-electron chi connectivity index (χ2n) is 9.03. The van der Waals surface area contributed by atoms with Crippen molar-refractivity contribution in [3.63, 3.8) is 0 Å². The van der Waals surface area contributed by atoms with Gasteiger partial charge in [0.05, 0.1) is 11.1 Å². The minimum Gasteiger partial charge on any atom is -0.505 e. The van der Waals surface area contributed by atoms with Crippen LogP contribution < -0.4 is 0 Å². The molecule has 208 valence electrons. The molecule has 8 nitrogen and oxygen atoms in total. The molecular formula is C30H22F3N3O5. The average Bonchev–Trinajstić information content (AvgIpc) is 3.23. The third-order valence-electron chi connectivity index (χ3n) is 6.50. The van der Waals surface area contributed by atoms with Crippen LogP contribution in [0.2, 0.25) is 0 Å². The Morgan fingerprint density at radius 3 is 2.29 bits per heavy atom. The molecule has 11 heteroatoms. The van der Waals surface area contributed by atoms with Crippen LogP contribution in [0.3, 0.4) is 0 Å². The maximum Gasteiger partial charge on any atom is 0.418 e. The Morgan fingerprint density at radius 2 is 1.61 bits per heavy atom. The van der Waals surface area contributed by atoms with Crippen LogP contribution in [0.1, 0.15) is 22.0 Å². The summed E-state index contributed by atoms with van der Waals surface area (Å²) < 4.78 is 45.9. The van der Waals surface area contributed by atoms with E-state index in [-0.39, 0.29) is 34.1 Å². The van der Waals surface area contributed by atoms with Gasteiger partial charge in [-0.1, -0.05) is 54.6 Å². The number of halogens is 3. The molecule has 5 rings (SSSR count). The van der Waals surface area contributed by atoms with Crippen molar-refractivity contribution in [3.05, 3.63) is 102 Å². The first kappa shape index (κ1) is 27.4. The van der Waals surface area contributed by atoms with Gasteiger partial charge in [0.2, 0.25) is 5.88 Å². The van der Waals surface area contributed by atoms with Crippen molar-refractivity contribution in [1.82, 2.24) is 4.57 Å². The third-order valence-corrected chi connectivity index (χ3v) is 6.50. The molecule has 4 aromatic carbocycles. The van der Waals surface area contributed by atoms with Crippen molar-refractivity contribution in [1.29, 1.82) is 0 Å². The number of carboxylic acids is 1. The second-order valence-corrected chi connectivity index (χ2v) is 9.03. The largest absolute Gasteiger partial charge is 0.505 e. The molecule has 0 fully saturated rings. The first-order chi connectivity index (χ1) is 19.6. The highest BCUT2D eigenvalue weighted by Crippen LogP contribution is 2.44. The number of hydrogen-bond donors (Lipinski definition) is 3. The fourth-order valence-corrected chi connectivity index (χ4v) is 4.59. The van der Waals surface area contributed by atoms with E-state index >= 15 is 0 Å². The zero-order chi connectivity index (χ0) is 29.3. The number of ether oxygens (including phenoxy) is 1. The molecule has 1 aromatic heterocycles. The van der Waals surface area contributed by atoms with Gasteiger partial charge >= 0.3 is 12.1 Å². The number of hydrogen-bond acceptors (Lipinski definition) is 6. The number of para-hydroxylation sites is 2. The second kappa shape index (κ2) is 10.8. The van der Waals surface area contributed by atoms with Gasteiger partial charge in [0.25, 0.3) is 0 Å². The van der Waals surface area contributed by atoms with E-state index in [9.17, 15) is 33.3 Å². The molecule has 1 heterocycles. The Balaban J connectivity index is 1.54. The molecule has 3 N–H and O–H groups in total. The highest BCUT2D eigenvalue weighted by atomic mass is 19.4. The molecule has 0 bridgehead atoms. The Kier molecular flexibility index (Phi) is 7.21. The molecule has 0 amide bonds. The summed E-state index contributed by atoms with van der Waals surface area (Å²) in [5, 5.41) is 40.2. The van der Waals surface area contributed by atoms with Gasteiger partial charge in [0, 0.05) is 23.7 Å². The van der Waals surface area contributed by atoms with Crippen LogP contribution in [0.25, 0.3) is 27.7 Å². The van der Waals surface area contributed by atoms with E-state index < -0.39 is 18.2 Å². The molecule has 1 unspecified atom stereocenters. The molecule has 0 saturated heterocycles. The number of methoxy groups -OCH3 is 1. The number of fused-ring (bicyclic) bond motifs is 1. The monoisotopic (exact) mass is 561 g/mol. The van der Waals surface area contributed by atoms with Gasteiger partial charge < -0.3 is 20.1 Å². The summed E-state index contributed by atoms with van der Waals surface area (Å²) in [5.41, 5.74) is 1.81. The number of phenolic OH excluding ortho intramolecular Hbond substituents is 1. The molecule has 5 aromatic rings. The van der Waals surface area contributed by atoms with E-state index in [0.717, 1.165) is 7.11 Å². The number of aromatic nitrogens is 1. The Morgan fingerprint density at radius 1 is 0.902 bits per heavy atom. The molecule has 0 spiro atoms. The molecule has 0 saturated carbocycles. The van der Waals surface area contributed by atoms with Crippen molar-refractivity contribution in [3.8, 4) is 28.4 Å². The van der Waals surface area contributed by atoms with Gasteiger partial charge in [-0.2, -0.15) is 13.2 Å². The lowest BCUT2D eigenvalue weighted by Crippen LogP contribution is -2.22. The van der Waals surface area contributed by atoms with Crippen LogP contribution in [-0.2, 0) is 4.74 Å². The quantitative estimate of drug-likeness (QED) is 0.174. The molecule has 0 aliphatic heterocycles. The minimum absolute atomic E-state index is 0.0517. The van der Waals surface area contributed by atoms with Crippen LogP contribution in [0, 0.1) is 0 Å². The zero-order valence-electron chi connectivity index (χ0n) is 21.4. The smallest absolute Gasteiger partial charge is 0.418 e. The highest BCUT2D eigenvalue weighted by Gasteiger charge is 2.41. The fraction of sp³-hybridized carbons (Fsp3) is 0.100. The van der Waals surface area contributed by atoms with Gasteiger partial charge in [-0.15, -0.1) is 10.2 Å².